The maximum absolute atomic E-state index is 13.0. The maximum Gasteiger partial charge on any atom is 0.410 e. The monoisotopic (exact) mass is 570 g/mol. The van der Waals surface area contributed by atoms with E-state index in [2.05, 4.69) is 4.90 Å². The van der Waals surface area contributed by atoms with Crippen molar-refractivity contribution in [3.05, 3.63) is 88.4 Å². The Bertz CT molecular complexity index is 1430. The zero-order valence-electron chi connectivity index (χ0n) is 23.0. The summed E-state index contributed by atoms with van der Waals surface area (Å²) in [5.74, 6) is 0.0453. The van der Waals surface area contributed by atoms with E-state index >= 15 is 0 Å². The summed E-state index contributed by atoms with van der Waals surface area (Å²) < 4.78 is 37.0. The Morgan fingerprint density at radius 3 is 2.18 bits per heavy atom. The van der Waals surface area contributed by atoms with Crippen molar-refractivity contribution in [1.29, 1.82) is 0 Å². The normalized spacial score (nSPS) is 15.1. The summed E-state index contributed by atoms with van der Waals surface area (Å²) in [7, 11) is -4.00. The number of hydrogen-bond acceptors (Lipinski definition) is 6. The van der Waals surface area contributed by atoms with Gasteiger partial charge in [-0.1, -0.05) is 60.5 Å². The average Bonchev–Trinajstić information content (AvgIpc) is 2.88. The van der Waals surface area contributed by atoms with Gasteiger partial charge in [0.05, 0.1) is 0 Å². The molecular formula is C30H35ClN2O5S. The molecule has 4 rings (SSSR count). The average molecular weight is 571 g/mol. The van der Waals surface area contributed by atoms with Crippen LogP contribution in [-0.2, 0) is 14.9 Å². The Balaban J connectivity index is 1.48. The number of carbonyl (C=O) groups excluding carboxylic acids is 1. The molecule has 208 valence electrons. The van der Waals surface area contributed by atoms with Gasteiger partial charge in [0.15, 0.2) is 0 Å². The lowest BCUT2D eigenvalue weighted by atomic mass is 9.92. The molecule has 1 atom stereocenters. The van der Waals surface area contributed by atoms with E-state index in [0.29, 0.717) is 36.8 Å². The SMILES string of the molecule is Cc1ccc(S(=O)(=O)Oc2ccccc2C(C)c2ccc(N3CCN(C(=O)OC(C)(C)C)CC3)cc2Cl)cc1. The lowest BCUT2D eigenvalue weighted by Gasteiger charge is -2.37. The van der Waals surface area contributed by atoms with Gasteiger partial charge < -0.3 is 18.7 Å². The molecule has 0 N–H and O–H groups in total. The van der Waals surface area contributed by atoms with E-state index in [1.54, 1.807) is 41.3 Å². The number of rotatable bonds is 6. The molecule has 0 spiro atoms. The van der Waals surface area contributed by atoms with Crippen LogP contribution in [0.25, 0.3) is 0 Å². The summed E-state index contributed by atoms with van der Waals surface area (Å²) in [4.78, 5) is 16.4. The van der Waals surface area contributed by atoms with Crippen LogP contribution in [0.5, 0.6) is 5.75 Å². The first-order valence-electron chi connectivity index (χ1n) is 13.0. The topological polar surface area (TPSA) is 76.2 Å². The number of aryl methyl sites for hydroxylation is 1. The van der Waals surface area contributed by atoms with Gasteiger partial charge in [-0.3, -0.25) is 0 Å². The zero-order valence-corrected chi connectivity index (χ0v) is 24.6. The zero-order chi connectivity index (χ0) is 28.4. The first kappa shape index (κ1) is 28.8. The van der Waals surface area contributed by atoms with Crippen LogP contribution in [0.3, 0.4) is 0 Å². The number of para-hydroxylation sites is 1. The summed E-state index contributed by atoms with van der Waals surface area (Å²) >= 11 is 6.77. The van der Waals surface area contributed by atoms with E-state index in [9.17, 15) is 13.2 Å². The third-order valence-corrected chi connectivity index (χ3v) is 8.22. The Labute approximate surface area is 236 Å². The fraction of sp³-hybridized carbons (Fsp3) is 0.367. The van der Waals surface area contributed by atoms with Crippen molar-refractivity contribution in [1.82, 2.24) is 4.90 Å². The Morgan fingerprint density at radius 1 is 0.923 bits per heavy atom. The van der Waals surface area contributed by atoms with E-state index in [-0.39, 0.29) is 22.7 Å². The minimum absolute atomic E-state index is 0.102. The molecule has 0 saturated carbocycles. The highest BCUT2D eigenvalue weighted by molar-refractivity contribution is 7.87. The molecule has 39 heavy (non-hydrogen) atoms. The number of piperazine rings is 1. The van der Waals surface area contributed by atoms with Gasteiger partial charge in [-0.2, -0.15) is 8.42 Å². The molecule has 1 aliphatic heterocycles. The van der Waals surface area contributed by atoms with Gasteiger partial charge in [0, 0.05) is 48.4 Å². The van der Waals surface area contributed by atoms with Crippen molar-refractivity contribution in [3.63, 3.8) is 0 Å². The molecule has 1 unspecified atom stereocenters. The minimum atomic E-state index is -4.00. The molecule has 0 radical (unpaired) electrons. The molecular weight excluding hydrogens is 536 g/mol. The van der Waals surface area contributed by atoms with Gasteiger partial charge >= 0.3 is 16.2 Å². The summed E-state index contributed by atoms with van der Waals surface area (Å²) in [5.41, 5.74) is 2.98. The lowest BCUT2D eigenvalue weighted by Crippen LogP contribution is -2.50. The minimum Gasteiger partial charge on any atom is -0.444 e. The van der Waals surface area contributed by atoms with Crippen molar-refractivity contribution < 1.29 is 22.1 Å². The largest absolute Gasteiger partial charge is 0.444 e. The molecule has 1 amide bonds. The van der Waals surface area contributed by atoms with Crippen LogP contribution in [-0.4, -0.2) is 51.2 Å². The predicted molar refractivity (Wildman–Crippen MR) is 154 cm³/mol. The van der Waals surface area contributed by atoms with Crippen LogP contribution in [0.15, 0.2) is 71.6 Å². The highest BCUT2D eigenvalue weighted by atomic mass is 35.5. The fourth-order valence-corrected chi connectivity index (χ4v) is 5.78. The van der Waals surface area contributed by atoms with E-state index < -0.39 is 15.7 Å². The maximum atomic E-state index is 13.0. The van der Waals surface area contributed by atoms with E-state index in [4.69, 9.17) is 20.5 Å². The van der Waals surface area contributed by atoms with Crippen LogP contribution in [0.1, 0.15) is 50.3 Å². The molecule has 3 aromatic rings. The number of amides is 1. The lowest BCUT2D eigenvalue weighted by molar-refractivity contribution is 0.0240. The third-order valence-electron chi connectivity index (χ3n) is 6.64. The number of hydrogen-bond donors (Lipinski definition) is 0. The first-order valence-corrected chi connectivity index (χ1v) is 14.7. The first-order chi connectivity index (χ1) is 18.3. The second kappa shape index (κ2) is 11.5. The number of nitrogens with zero attached hydrogens (tertiary/aromatic N) is 2. The second-order valence-corrected chi connectivity index (χ2v) is 12.7. The standard InChI is InChI=1S/C30H35ClN2O5S/c1-21-10-13-24(14-11-21)39(35,36)38-28-9-7-6-8-26(28)22(2)25-15-12-23(20-27(25)31)32-16-18-33(19-17-32)29(34)37-30(3,4)5/h6-15,20,22H,16-19H2,1-5H3. The van der Waals surface area contributed by atoms with Gasteiger partial charge in [-0.15, -0.1) is 0 Å². The van der Waals surface area contributed by atoms with Gasteiger partial charge in [0.2, 0.25) is 0 Å². The van der Waals surface area contributed by atoms with Crippen molar-refractivity contribution >= 4 is 33.5 Å². The molecule has 1 heterocycles. The van der Waals surface area contributed by atoms with E-state index in [1.165, 1.54) is 0 Å². The van der Waals surface area contributed by atoms with Crippen LogP contribution < -0.4 is 9.08 Å². The van der Waals surface area contributed by atoms with Gasteiger partial charge in [0.1, 0.15) is 16.2 Å². The molecule has 1 saturated heterocycles. The number of carbonyl (C=O) groups is 1. The van der Waals surface area contributed by atoms with Crippen molar-refractivity contribution in [2.75, 3.05) is 31.1 Å². The Hall–Kier alpha value is -3.23. The number of anilines is 1. The summed E-state index contributed by atoms with van der Waals surface area (Å²) in [5, 5.41) is 0.575. The molecule has 9 heteroatoms. The van der Waals surface area contributed by atoms with Crippen molar-refractivity contribution in [3.8, 4) is 5.75 Å². The number of ether oxygens (including phenoxy) is 1. The molecule has 0 aromatic heterocycles. The smallest absolute Gasteiger partial charge is 0.410 e. The van der Waals surface area contributed by atoms with E-state index in [0.717, 1.165) is 16.8 Å². The quantitative estimate of drug-likeness (QED) is 0.310. The predicted octanol–water partition coefficient (Wildman–Crippen LogP) is 6.63. The van der Waals surface area contributed by atoms with E-state index in [1.807, 2.05) is 65.0 Å². The molecule has 0 bridgehead atoms. The molecule has 0 aliphatic carbocycles. The fourth-order valence-electron chi connectivity index (χ4n) is 4.49. The van der Waals surface area contributed by atoms with Crippen LogP contribution in [0.2, 0.25) is 5.02 Å². The molecule has 1 aliphatic rings. The van der Waals surface area contributed by atoms with Gasteiger partial charge in [-0.05, 0) is 63.6 Å². The highest BCUT2D eigenvalue weighted by Gasteiger charge is 2.27. The summed E-state index contributed by atoms with van der Waals surface area (Å²) in [6, 6.07) is 19.6. The third kappa shape index (κ3) is 7.05. The van der Waals surface area contributed by atoms with Gasteiger partial charge in [-0.25, -0.2) is 4.79 Å². The Kier molecular flexibility index (Phi) is 8.47. The van der Waals surface area contributed by atoms with Gasteiger partial charge in [0.25, 0.3) is 0 Å². The van der Waals surface area contributed by atoms with Crippen LogP contribution in [0, 0.1) is 6.92 Å². The highest BCUT2D eigenvalue weighted by Crippen LogP contribution is 2.37. The number of benzene rings is 3. The second-order valence-electron chi connectivity index (χ2n) is 10.8. The molecule has 1 fully saturated rings. The summed E-state index contributed by atoms with van der Waals surface area (Å²) in [6.45, 7) is 11.9. The summed E-state index contributed by atoms with van der Waals surface area (Å²) in [6.07, 6.45) is -0.297. The van der Waals surface area contributed by atoms with Crippen molar-refractivity contribution in [2.24, 2.45) is 0 Å². The van der Waals surface area contributed by atoms with Crippen LogP contribution in [0.4, 0.5) is 10.5 Å². The molecule has 3 aromatic carbocycles. The Morgan fingerprint density at radius 2 is 1.56 bits per heavy atom. The molecule has 7 nitrogen and oxygen atoms in total. The number of halogens is 1. The van der Waals surface area contributed by atoms with Crippen LogP contribution >= 0.6 is 11.6 Å². The van der Waals surface area contributed by atoms with Crippen molar-refractivity contribution in [2.45, 2.75) is 51.0 Å².